The van der Waals surface area contributed by atoms with Gasteiger partial charge in [-0.05, 0) is 23.6 Å². The molecule has 0 unspecified atom stereocenters. The van der Waals surface area contributed by atoms with Gasteiger partial charge in [0.05, 0.1) is 16.3 Å². The Hall–Kier alpha value is -2.62. The molecule has 0 spiro atoms. The van der Waals surface area contributed by atoms with Crippen LogP contribution in [0.25, 0.3) is 22.0 Å². The fourth-order valence-electron chi connectivity index (χ4n) is 2.49. The van der Waals surface area contributed by atoms with Crippen molar-refractivity contribution in [1.82, 2.24) is 25.0 Å². The van der Waals surface area contributed by atoms with E-state index < -0.39 is 0 Å². The van der Waals surface area contributed by atoms with Crippen molar-refractivity contribution in [3.8, 4) is 22.0 Å². The van der Waals surface area contributed by atoms with Crippen LogP contribution in [0.4, 0.5) is 5.82 Å². The molecule has 0 atom stereocenters. The topological polar surface area (TPSA) is 88.5 Å². The molecule has 4 rings (SSSR count). The molecule has 142 valence electrons. The summed E-state index contributed by atoms with van der Waals surface area (Å²) in [6, 6.07) is 13.1. The van der Waals surface area contributed by atoms with E-state index in [4.69, 9.17) is 11.6 Å². The van der Waals surface area contributed by atoms with Crippen LogP contribution >= 0.6 is 34.7 Å². The van der Waals surface area contributed by atoms with Crippen molar-refractivity contribution in [2.75, 3.05) is 11.1 Å². The van der Waals surface area contributed by atoms with E-state index in [0.29, 0.717) is 21.8 Å². The largest absolute Gasteiger partial charge is 0.310 e. The number of H-pyrrole nitrogens is 1. The standard InChI is InChI=1S/C18H15ClN6OS2/c1-25-15(9-13(24-25)11-4-6-12(19)7-5-11)20-16(26)10-28-18-21-17(22-23-18)14-3-2-8-27-14/h2-9H,10H2,1H3,(H,20,26)(H,21,22,23). The van der Waals surface area contributed by atoms with Gasteiger partial charge in [-0.25, -0.2) is 4.98 Å². The van der Waals surface area contributed by atoms with Crippen LogP contribution in [0, 0.1) is 0 Å². The summed E-state index contributed by atoms with van der Waals surface area (Å²) in [4.78, 5) is 17.7. The lowest BCUT2D eigenvalue weighted by molar-refractivity contribution is -0.113. The summed E-state index contributed by atoms with van der Waals surface area (Å²) in [5.74, 6) is 1.36. The van der Waals surface area contributed by atoms with E-state index in [2.05, 4.69) is 25.6 Å². The van der Waals surface area contributed by atoms with Gasteiger partial charge in [0.1, 0.15) is 5.82 Å². The van der Waals surface area contributed by atoms with Crippen molar-refractivity contribution in [1.29, 1.82) is 0 Å². The maximum Gasteiger partial charge on any atom is 0.235 e. The number of nitrogens with one attached hydrogen (secondary N) is 2. The molecule has 0 radical (unpaired) electrons. The van der Waals surface area contributed by atoms with Gasteiger partial charge in [0.25, 0.3) is 0 Å². The Morgan fingerprint density at radius 1 is 1.32 bits per heavy atom. The average Bonchev–Trinajstić information content (AvgIpc) is 3.42. The number of nitrogens with zero attached hydrogens (tertiary/aromatic N) is 4. The summed E-state index contributed by atoms with van der Waals surface area (Å²) >= 11 is 8.77. The van der Waals surface area contributed by atoms with Crippen LogP contribution < -0.4 is 5.32 Å². The molecule has 28 heavy (non-hydrogen) atoms. The zero-order valence-corrected chi connectivity index (χ0v) is 17.1. The monoisotopic (exact) mass is 430 g/mol. The molecule has 1 aromatic carbocycles. The molecule has 3 aromatic heterocycles. The summed E-state index contributed by atoms with van der Waals surface area (Å²) in [6.45, 7) is 0. The molecule has 0 saturated carbocycles. The van der Waals surface area contributed by atoms with E-state index in [1.54, 1.807) is 23.1 Å². The van der Waals surface area contributed by atoms with Crippen molar-refractivity contribution in [3.05, 3.63) is 52.9 Å². The van der Waals surface area contributed by atoms with Crippen LogP contribution in [0.2, 0.25) is 5.02 Å². The van der Waals surface area contributed by atoms with E-state index in [9.17, 15) is 4.79 Å². The summed E-state index contributed by atoms with van der Waals surface area (Å²) < 4.78 is 1.63. The molecule has 3 heterocycles. The fourth-order valence-corrected chi connectivity index (χ4v) is 3.88. The fraction of sp³-hybridized carbons (Fsp3) is 0.111. The highest BCUT2D eigenvalue weighted by molar-refractivity contribution is 7.99. The van der Waals surface area contributed by atoms with Crippen LogP contribution in [0.15, 0.2) is 53.0 Å². The summed E-state index contributed by atoms with van der Waals surface area (Å²) in [7, 11) is 1.78. The third-order valence-electron chi connectivity index (χ3n) is 3.84. The Bertz CT molecular complexity index is 1090. The molecule has 1 amide bonds. The highest BCUT2D eigenvalue weighted by atomic mass is 35.5. The predicted molar refractivity (Wildman–Crippen MR) is 113 cm³/mol. The highest BCUT2D eigenvalue weighted by Crippen LogP contribution is 2.25. The summed E-state index contributed by atoms with van der Waals surface area (Å²) in [5.41, 5.74) is 1.69. The predicted octanol–water partition coefficient (Wildman–Crippen LogP) is 4.32. The van der Waals surface area contributed by atoms with Crippen molar-refractivity contribution < 1.29 is 4.79 Å². The van der Waals surface area contributed by atoms with E-state index in [1.807, 2.05) is 47.8 Å². The van der Waals surface area contributed by atoms with Gasteiger partial charge < -0.3 is 5.32 Å². The third-order valence-corrected chi connectivity index (χ3v) is 5.81. The number of halogens is 1. The molecule has 0 saturated heterocycles. The van der Waals surface area contributed by atoms with Gasteiger partial charge in [0, 0.05) is 23.7 Å². The van der Waals surface area contributed by atoms with Gasteiger partial charge >= 0.3 is 0 Å². The van der Waals surface area contributed by atoms with Gasteiger partial charge in [-0.2, -0.15) is 5.10 Å². The maximum absolute atomic E-state index is 12.3. The van der Waals surface area contributed by atoms with Gasteiger partial charge in [-0.3, -0.25) is 14.6 Å². The molecule has 0 aliphatic heterocycles. The van der Waals surface area contributed by atoms with Crippen molar-refractivity contribution in [2.24, 2.45) is 7.05 Å². The molecule has 0 aliphatic carbocycles. The molecule has 10 heteroatoms. The van der Waals surface area contributed by atoms with Crippen LogP contribution in [0.1, 0.15) is 0 Å². The SMILES string of the molecule is Cn1nc(-c2ccc(Cl)cc2)cc1NC(=O)CSc1n[nH]c(-c2cccs2)n1. The third kappa shape index (κ3) is 4.27. The first kappa shape index (κ1) is 18.7. The number of anilines is 1. The van der Waals surface area contributed by atoms with Crippen molar-refractivity contribution >= 4 is 46.4 Å². The lowest BCUT2D eigenvalue weighted by Gasteiger charge is -2.03. The van der Waals surface area contributed by atoms with Crippen molar-refractivity contribution in [2.45, 2.75) is 5.16 Å². The molecule has 4 aromatic rings. The number of aromatic nitrogens is 5. The van der Waals surface area contributed by atoms with Crippen molar-refractivity contribution in [3.63, 3.8) is 0 Å². The number of aromatic amines is 1. The van der Waals surface area contributed by atoms with E-state index >= 15 is 0 Å². The Morgan fingerprint density at radius 3 is 2.89 bits per heavy atom. The van der Waals surface area contributed by atoms with Crippen LogP contribution in [0.5, 0.6) is 0 Å². The molecular weight excluding hydrogens is 416 g/mol. The smallest absolute Gasteiger partial charge is 0.235 e. The number of benzene rings is 1. The normalized spacial score (nSPS) is 10.9. The Balaban J connectivity index is 1.37. The molecular formula is C18H15ClN6OS2. The molecule has 2 N–H and O–H groups in total. The zero-order chi connectivity index (χ0) is 19.5. The van der Waals surface area contributed by atoms with Gasteiger partial charge in [0.2, 0.25) is 11.1 Å². The minimum absolute atomic E-state index is 0.155. The zero-order valence-electron chi connectivity index (χ0n) is 14.7. The summed E-state index contributed by atoms with van der Waals surface area (Å²) in [5, 5.41) is 17.5. The van der Waals surface area contributed by atoms with E-state index in [-0.39, 0.29) is 11.7 Å². The van der Waals surface area contributed by atoms with Gasteiger partial charge in [-0.15, -0.1) is 16.4 Å². The average molecular weight is 431 g/mol. The maximum atomic E-state index is 12.3. The Morgan fingerprint density at radius 2 is 2.14 bits per heavy atom. The number of amides is 1. The molecule has 0 fully saturated rings. The second-order valence-electron chi connectivity index (χ2n) is 5.83. The molecule has 0 aliphatic rings. The first-order chi connectivity index (χ1) is 13.6. The number of hydrogen-bond acceptors (Lipinski definition) is 6. The highest BCUT2D eigenvalue weighted by Gasteiger charge is 2.13. The van der Waals surface area contributed by atoms with Gasteiger partial charge in [-0.1, -0.05) is 41.6 Å². The van der Waals surface area contributed by atoms with E-state index in [0.717, 1.165) is 16.1 Å². The molecule has 0 bridgehead atoms. The first-order valence-corrected chi connectivity index (χ1v) is 10.5. The number of hydrogen-bond donors (Lipinski definition) is 2. The number of thiophene rings is 1. The number of aryl methyl sites for hydroxylation is 1. The van der Waals surface area contributed by atoms with Gasteiger partial charge in [0.15, 0.2) is 5.82 Å². The van der Waals surface area contributed by atoms with Crippen LogP contribution in [-0.2, 0) is 11.8 Å². The number of thioether (sulfide) groups is 1. The summed E-state index contributed by atoms with van der Waals surface area (Å²) in [6.07, 6.45) is 0. The van der Waals surface area contributed by atoms with Crippen LogP contribution in [-0.4, -0.2) is 36.6 Å². The Kier molecular flexibility index (Phi) is 5.47. The Labute approximate surface area is 174 Å². The van der Waals surface area contributed by atoms with E-state index in [1.165, 1.54) is 11.8 Å². The lowest BCUT2D eigenvalue weighted by atomic mass is 10.1. The minimum atomic E-state index is -0.155. The number of rotatable bonds is 6. The first-order valence-electron chi connectivity index (χ1n) is 8.27. The number of carbonyl (C=O) groups is 1. The second-order valence-corrected chi connectivity index (χ2v) is 8.15. The quantitative estimate of drug-likeness (QED) is 0.445. The molecule has 7 nitrogen and oxygen atoms in total. The lowest BCUT2D eigenvalue weighted by Crippen LogP contribution is -2.16. The number of carbonyl (C=O) groups excluding carboxylic acids is 1. The van der Waals surface area contributed by atoms with Crippen LogP contribution in [0.3, 0.4) is 0 Å². The second kappa shape index (κ2) is 8.17. The minimum Gasteiger partial charge on any atom is -0.310 e.